The van der Waals surface area contributed by atoms with Crippen LogP contribution in [0.2, 0.25) is 0 Å². The molecule has 0 bridgehead atoms. The molecule has 0 aromatic carbocycles. The van der Waals surface area contributed by atoms with Crippen LogP contribution in [0, 0.1) is 5.41 Å². The largest absolute Gasteiger partial charge is 0.476 e. The summed E-state index contributed by atoms with van der Waals surface area (Å²) in [5, 5.41) is 13.3. The Hall–Kier alpha value is -1.39. The second kappa shape index (κ2) is 2.95. The second-order valence-electron chi connectivity index (χ2n) is 1.60. The van der Waals surface area contributed by atoms with Gasteiger partial charge in [-0.1, -0.05) is 0 Å². The first-order valence-electron chi connectivity index (χ1n) is 2.91. The normalized spacial score (nSPS) is 9.30. The summed E-state index contributed by atoms with van der Waals surface area (Å²) < 4.78 is 4.84. The van der Waals surface area contributed by atoms with Crippen LogP contribution in [0.25, 0.3) is 0 Å². The lowest BCUT2D eigenvalue weighted by molar-refractivity contribution is 0.323. The summed E-state index contributed by atoms with van der Waals surface area (Å²) in [6, 6.07) is 0. The van der Waals surface area contributed by atoms with Gasteiger partial charge in [0, 0.05) is 0 Å². The zero-order chi connectivity index (χ0) is 7.40. The lowest BCUT2D eigenvalue weighted by atomic mass is 10.6. The van der Waals surface area contributed by atoms with Crippen LogP contribution in [0.4, 0.5) is 0 Å². The predicted octanol–water partition coefficient (Wildman–Crippen LogP) is 0.167. The van der Waals surface area contributed by atoms with Crippen molar-refractivity contribution in [3.63, 3.8) is 0 Å². The Kier molecular flexibility index (Phi) is 1.99. The predicted molar refractivity (Wildman–Crippen MR) is 34.8 cm³/mol. The van der Waals surface area contributed by atoms with Crippen molar-refractivity contribution in [2.45, 2.75) is 6.92 Å². The van der Waals surface area contributed by atoms with Crippen molar-refractivity contribution in [2.24, 2.45) is 0 Å². The first-order valence-corrected chi connectivity index (χ1v) is 2.91. The summed E-state index contributed by atoms with van der Waals surface area (Å²) in [7, 11) is 0. The molecule has 0 aliphatic rings. The first kappa shape index (κ1) is 6.73. The molecule has 0 radical (unpaired) electrons. The van der Waals surface area contributed by atoms with E-state index in [0.717, 1.165) is 0 Å². The third kappa shape index (κ3) is 1.31. The number of hydrogen-bond donors (Lipinski definition) is 2. The molecule has 0 spiro atoms. The quantitative estimate of drug-likeness (QED) is 0.454. The molecule has 1 rings (SSSR count). The van der Waals surface area contributed by atoms with E-state index in [1.54, 1.807) is 0 Å². The highest BCUT2D eigenvalue weighted by Gasteiger charge is 2.02. The molecule has 54 valence electrons. The number of aromatic nitrogens is 3. The summed E-state index contributed by atoms with van der Waals surface area (Å²) in [6.45, 7) is 2.28. The zero-order valence-electron chi connectivity index (χ0n) is 5.59. The number of H-pyrrole nitrogens is 1. The first-order chi connectivity index (χ1) is 4.84. The number of rotatable bonds is 2. The van der Waals surface area contributed by atoms with Crippen LogP contribution in [-0.4, -0.2) is 27.7 Å². The highest BCUT2D eigenvalue weighted by Crippen LogP contribution is 1.88. The van der Waals surface area contributed by atoms with Gasteiger partial charge in [-0.2, -0.15) is 5.10 Å². The molecule has 1 aromatic rings. The molecule has 0 aliphatic heterocycles. The standard InChI is InChI=1S/C5H8N4O/c1-2-10-4(6)5-7-3-8-9-5/h3,6H,2H2,1H3,(H,7,8,9). The zero-order valence-corrected chi connectivity index (χ0v) is 5.59. The van der Waals surface area contributed by atoms with Gasteiger partial charge in [0.2, 0.25) is 5.82 Å². The molecule has 5 nitrogen and oxygen atoms in total. The summed E-state index contributed by atoms with van der Waals surface area (Å²) in [4.78, 5) is 3.72. The van der Waals surface area contributed by atoms with E-state index < -0.39 is 0 Å². The van der Waals surface area contributed by atoms with E-state index in [-0.39, 0.29) is 5.90 Å². The van der Waals surface area contributed by atoms with Gasteiger partial charge in [-0.15, -0.1) is 0 Å². The van der Waals surface area contributed by atoms with Crippen LogP contribution in [0.5, 0.6) is 0 Å². The topological polar surface area (TPSA) is 74.7 Å². The monoisotopic (exact) mass is 140 g/mol. The SMILES string of the molecule is CCOC(=N)c1ncn[nH]1. The summed E-state index contributed by atoms with van der Waals surface area (Å²) >= 11 is 0. The maximum atomic E-state index is 7.19. The summed E-state index contributed by atoms with van der Waals surface area (Å²) in [6.07, 6.45) is 1.34. The molecular weight excluding hydrogens is 132 g/mol. The Balaban J connectivity index is 2.59. The van der Waals surface area contributed by atoms with E-state index in [9.17, 15) is 0 Å². The van der Waals surface area contributed by atoms with E-state index in [1.807, 2.05) is 6.92 Å². The fourth-order valence-electron chi connectivity index (χ4n) is 0.528. The minimum absolute atomic E-state index is 0.0278. The third-order valence-electron chi connectivity index (χ3n) is 0.919. The maximum absolute atomic E-state index is 7.19. The van der Waals surface area contributed by atoms with Gasteiger partial charge < -0.3 is 4.74 Å². The molecule has 0 amide bonds. The van der Waals surface area contributed by atoms with E-state index in [2.05, 4.69) is 15.2 Å². The van der Waals surface area contributed by atoms with Crippen molar-refractivity contribution < 1.29 is 4.74 Å². The van der Waals surface area contributed by atoms with Crippen LogP contribution in [0.3, 0.4) is 0 Å². The Morgan fingerprint density at radius 2 is 2.70 bits per heavy atom. The van der Waals surface area contributed by atoms with Gasteiger partial charge >= 0.3 is 0 Å². The molecule has 1 heterocycles. The molecular formula is C5H8N4O. The highest BCUT2D eigenvalue weighted by molar-refractivity contribution is 5.87. The smallest absolute Gasteiger partial charge is 0.251 e. The van der Waals surface area contributed by atoms with Gasteiger partial charge in [0.05, 0.1) is 6.61 Å². The van der Waals surface area contributed by atoms with Crippen LogP contribution in [0.15, 0.2) is 6.33 Å². The molecule has 1 aromatic heterocycles. The van der Waals surface area contributed by atoms with Crippen molar-refractivity contribution in [3.8, 4) is 0 Å². The van der Waals surface area contributed by atoms with E-state index in [4.69, 9.17) is 10.1 Å². The van der Waals surface area contributed by atoms with Crippen LogP contribution in [0.1, 0.15) is 12.7 Å². The summed E-state index contributed by atoms with van der Waals surface area (Å²) in [5.74, 6) is 0.391. The molecule has 5 heteroatoms. The third-order valence-corrected chi connectivity index (χ3v) is 0.919. The van der Waals surface area contributed by atoms with Crippen LogP contribution >= 0.6 is 0 Å². The van der Waals surface area contributed by atoms with E-state index in [1.165, 1.54) is 6.33 Å². The van der Waals surface area contributed by atoms with Crippen molar-refractivity contribution in [1.29, 1.82) is 5.41 Å². The lowest BCUT2D eigenvalue weighted by Crippen LogP contribution is -2.06. The molecule has 2 N–H and O–H groups in total. The number of nitrogens with zero attached hydrogens (tertiary/aromatic N) is 2. The summed E-state index contributed by atoms with van der Waals surface area (Å²) in [5.41, 5.74) is 0. The van der Waals surface area contributed by atoms with E-state index in [0.29, 0.717) is 12.4 Å². The van der Waals surface area contributed by atoms with Crippen LogP contribution in [-0.2, 0) is 4.74 Å². The average molecular weight is 140 g/mol. The lowest BCUT2D eigenvalue weighted by Gasteiger charge is -1.98. The van der Waals surface area contributed by atoms with Gasteiger partial charge in [-0.3, -0.25) is 10.5 Å². The van der Waals surface area contributed by atoms with Gasteiger partial charge in [0.25, 0.3) is 5.90 Å². The second-order valence-corrected chi connectivity index (χ2v) is 1.60. The Bertz CT molecular complexity index is 205. The van der Waals surface area contributed by atoms with Gasteiger partial charge in [-0.25, -0.2) is 4.98 Å². The van der Waals surface area contributed by atoms with Crippen molar-refractivity contribution in [3.05, 3.63) is 12.2 Å². The number of nitrogens with one attached hydrogen (secondary N) is 2. The van der Waals surface area contributed by atoms with Crippen molar-refractivity contribution >= 4 is 5.90 Å². The minimum atomic E-state index is 0.0278. The van der Waals surface area contributed by atoms with E-state index >= 15 is 0 Å². The molecule has 0 saturated heterocycles. The molecule has 0 fully saturated rings. The van der Waals surface area contributed by atoms with Crippen molar-refractivity contribution in [1.82, 2.24) is 15.2 Å². The Labute approximate surface area is 57.9 Å². The maximum Gasteiger partial charge on any atom is 0.251 e. The molecule has 0 aliphatic carbocycles. The number of ether oxygens (including phenoxy) is 1. The molecule has 0 unspecified atom stereocenters. The van der Waals surface area contributed by atoms with Gasteiger partial charge in [-0.05, 0) is 6.92 Å². The molecule has 0 atom stereocenters. The van der Waals surface area contributed by atoms with Gasteiger partial charge in [0.1, 0.15) is 6.33 Å². The van der Waals surface area contributed by atoms with Gasteiger partial charge in [0.15, 0.2) is 0 Å². The Morgan fingerprint density at radius 3 is 3.20 bits per heavy atom. The van der Waals surface area contributed by atoms with Crippen molar-refractivity contribution in [2.75, 3.05) is 6.61 Å². The Morgan fingerprint density at radius 1 is 1.90 bits per heavy atom. The average Bonchev–Trinajstić information content (AvgIpc) is 2.38. The van der Waals surface area contributed by atoms with Crippen LogP contribution < -0.4 is 0 Å². The molecule has 10 heavy (non-hydrogen) atoms. The minimum Gasteiger partial charge on any atom is -0.476 e. The fraction of sp³-hybridized carbons (Fsp3) is 0.400. The molecule has 0 saturated carbocycles. The fourth-order valence-corrected chi connectivity index (χ4v) is 0.528. The number of aromatic amines is 1. The highest BCUT2D eigenvalue weighted by atomic mass is 16.5. The number of hydrogen-bond acceptors (Lipinski definition) is 4.